The SMILES string of the molecule is CC(C)Nc1cc(C[C@@H]2CC(=O)N(c3ccccc3)C2)ncn1. The van der Waals surface area contributed by atoms with Gasteiger partial charge < -0.3 is 10.2 Å². The molecular formula is C18H22N4O. The van der Waals surface area contributed by atoms with E-state index in [1.54, 1.807) is 6.33 Å². The van der Waals surface area contributed by atoms with Crippen molar-refractivity contribution in [3.05, 3.63) is 48.4 Å². The number of anilines is 2. The number of carbonyl (C=O) groups is 1. The van der Waals surface area contributed by atoms with Gasteiger partial charge in [-0.1, -0.05) is 18.2 Å². The van der Waals surface area contributed by atoms with Crippen LogP contribution in [0.4, 0.5) is 11.5 Å². The Labute approximate surface area is 136 Å². The van der Waals surface area contributed by atoms with Gasteiger partial charge in [0.15, 0.2) is 0 Å². The summed E-state index contributed by atoms with van der Waals surface area (Å²) in [7, 11) is 0. The lowest BCUT2D eigenvalue weighted by atomic mass is 10.0. The highest BCUT2D eigenvalue weighted by molar-refractivity contribution is 5.95. The number of para-hydroxylation sites is 1. The molecule has 1 atom stereocenters. The smallest absolute Gasteiger partial charge is 0.227 e. The molecule has 3 rings (SSSR count). The molecule has 120 valence electrons. The first-order valence-electron chi connectivity index (χ1n) is 8.04. The van der Waals surface area contributed by atoms with Crippen LogP contribution in [0.5, 0.6) is 0 Å². The molecular weight excluding hydrogens is 288 g/mol. The second-order valence-electron chi connectivity index (χ2n) is 6.31. The van der Waals surface area contributed by atoms with Gasteiger partial charge in [0.2, 0.25) is 5.91 Å². The first-order chi connectivity index (χ1) is 11.1. The summed E-state index contributed by atoms with van der Waals surface area (Å²) in [5.74, 6) is 1.33. The van der Waals surface area contributed by atoms with Gasteiger partial charge in [0.05, 0.1) is 0 Å². The summed E-state index contributed by atoms with van der Waals surface area (Å²) in [5.41, 5.74) is 1.96. The molecule has 1 fully saturated rings. The number of rotatable bonds is 5. The molecule has 1 aliphatic heterocycles. The average Bonchev–Trinajstić information content (AvgIpc) is 2.88. The second-order valence-corrected chi connectivity index (χ2v) is 6.31. The molecule has 1 amide bonds. The number of benzene rings is 1. The number of hydrogen-bond acceptors (Lipinski definition) is 4. The normalized spacial score (nSPS) is 17.8. The first kappa shape index (κ1) is 15.5. The van der Waals surface area contributed by atoms with E-state index in [9.17, 15) is 4.79 Å². The van der Waals surface area contributed by atoms with Crippen LogP contribution in [-0.2, 0) is 11.2 Å². The van der Waals surface area contributed by atoms with E-state index in [1.165, 1.54) is 0 Å². The average molecular weight is 310 g/mol. The quantitative estimate of drug-likeness (QED) is 0.922. The molecule has 2 heterocycles. The Morgan fingerprint density at radius 3 is 2.78 bits per heavy atom. The van der Waals surface area contributed by atoms with Gasteiger partial charge in [-0.2, -0.15) is 0 Å². The van der Waals surface area contributed by atoms with Crippen molar-refractivity contribution in [1.29, 1.82) is 0 Å². The van der Waals surface area contributed by atoms with Gasteiger partial charge >= 0.3 is 0 Å². The third-order valence-corrected chi connectivity index (χ3v) is 3.93. The van der Waals surface area contributed by atoms with Crippen LogP contribution in [0.3, 0.4) is 0 Å². The minimum Gasteiger partial charge on any atom is -0.368 e. The summed E-state index contributed by atoms with van der Waals surface area (Å²) >= 11 is 0. The van der Waals surface area contributed by atoms with E-state index < -0.39 is 0 Å². The molecule has 0 saturated carbocycles. The summed E-state index contributed by atoms with van der Waals surface area (Å²) in [5, 5.41) is 3.28. The van der Waals surface area contributed by atoms with Crippen LogP contribution < -0.4 is 10.2 Å². The van der Waals surface area contributed by atoms with Gasteiger partial charge in [-0.3, -0.25) is 4.79 Å². The summed E-state index contributed by atoms with van der Waals surface area (Å²) in [6, 6.07) is 12.2. The lowest BCUT2D eigenvalue weighted by Gasteiger charge is -2.16. The maximum Gasteiger partial charge on any atom is 0.227 e. The van der Waals surface area contributed by atoms with Gasteiger partial charge in [-0.15, -0.1) is 0 Å². The maximum atomic E-state index is 12.3. The summed E-state index contributed by atoms with van der Waals surface area (Å²) in [4.78, 5) is 22.7. The zero-order chi connectivity index (χ0) is 16.2. The molecule has 0 aliphatic carbocycles. The number of aromatic nitrogens is 2. The van der Waals surface area contributed by atoms with Crippen molar-refractivity contribution in [2.45, 2.75) is 32.7 Å². The van der Waals surface area contributed by atoms with E-state index >= 15 is 0 Å². The fourth-order valence-corrected chi connectivity index (χ4v) is 2.96. The van der Waals surface area contributed by atoms with Crippen molar-refractivity contribution in [1.82, 2.24) is 9.97 Å². The predicted molar refractivity (Wildman–Crippen MR) is 91.4 cm³/mol. The largest absolute Gasteiger partial charge is 0.368 e. The van der Waals surface area contributed by atoms with Crippen molar-refractivity contribution >= 4 is 17.4 Å². The lowest BCUT2D eigenvalue weighted by Crippen LogP contribution is -2.24. The number of nitrogens with zero attached hydrogens (tertiary/aromatic N) is 3. The third kappa shape index (κ3) is 3.86. The van der Waals surface area contributed by atoms with Crippen LogP contribution in [0.25, 0.3) is 0 Å². The molecule has 5 nitrogen and oxygen atoms in total. The van der Waals surface area contributed by atoms with Crippen molar-refractivity contribution in [3.8, 4) is 0 Å². The lowest BCUT2D eigenvalue weighted by molar-refractivity contribution is -0.117. The monoisotopic (exact) mass is 310 g/mol. The molecule has 1 aliphatic rings. The highest BCUT2D eigenvalue weighted by Gasteiger charge is 2.30. The standard InChI is InChI=1S/C18H22N4O/c1-13(2)21-17-10-15(19-12-20-17)8-14-9-18(23)22(11-14)16-6-4-3-5-7-16/h3-7,10,12-14H,8-9,11H2,1-2H3,(H,19,20,21)/t14-/m1/s1. The van der Waals surface area contributed by atoms with E-state index in [4.69, 9.17) is 0 Å². The molecule has 1 saturated heterocycles. The Morgan fingerprint density at radius 2 is 2.04 bits per heavy atom. The molecule has 0 spiro atoms. The number of carbonyl (C=O) groups excluding carboxylic acids is 1. The Balaban J connectivity index is 1.67. The Morgan fingerprint density at radius 1 is 1.26 bits per heavy atom. The second kappa shape index (κ2) is 6.77. The van der Waals surface area contributed by atoms with Crippen molar-refractivity contribution in [2.24, 2.45) is 5.92 Å². The fourth-order valence-electron chi connectivity index (χ4n) is 2.96. The van der Waals surface area contributed by atoms with Gasteiger partial charge in [-0.05, 0) is 38.3 Å². The van der Waals surface area contributed by atoms with Gasteiger partial charge in [-0.25, -0.2) is 9.97 Å². The Bertz CT molecular complexity index is 672. The van der Waals surface area contributed by atoms with E-state index in [2.05, 4.69) is 29.1 Å². The minimum absolute atomic E-state index is 0.191. The van der Waals surface area contributed by atoms with Crippen LogP contribution in [-0.4, -0.2) is 28.5 Å². The third-order valence-electron chi connectivity index (χ3n) is 3.93. The van der Waals surface area contributed by atoms with Crippen LogP contribution in [0.1, 0.15) is 26.0 Å². The molecule has 0 unspecified atom stereocenters. The fraction of sp³-hybridized carbons (Fsp3) is 0.389. The Kier molecular flexibility index (Phi) is 4.55. The molecule has 0 radical (unpaired) electrons. The van der Waals surface area contributed by atoms with Gasteiger partial charge in [0, 0.05) is 36.5 Å². The number of hydrogen-bond donors (Lipinski definition) is 1. The molecule has 1 aromatic carbocycles. The first-order valence-corrected chi connectivity index (χ1v) is 8.04. The van der Waals surface area contributed by atoms with Crippen molar-refractivity contribution in [3.63, 3.8) is 0 Å². The molecule has 1 N–H and O–H groups in total. The Hall–Kier alpha value is -2.43. The van der Waals surface area contributed by atoms with Crippen molar-refractivity contribution in [2.75, 3.05) is 16.8 Å². The minimum atomic E-state index is 0.191. The zero-order valence-electron chi connectivity index (χ0n) is 13.6. The van der Waals surface area contributed by atoms with Crippen LogP contribution >= 0.6 is 0 Å². The van der Waals surface area contributed by atoms with E-state index in [1.807, 2.05) is 41.3 Å². The molecule has 23 heavy (non-hydrogen) atoms. The highest BCUT2D eigenvalue weighted by atomic mass is 16.2. The zero-order valence-corrected chi connectivity index (χ0v) is 13.6. The van der Waals surface area contributed by atoms with Crippen LogP contribution in [0.2, 0.25) is 0 Å². The molecule has 0 bridgehead atoms. The van der Waals surface area contributed by atoms with Crippen LogP contribution in [0.15, 0.2) is 42.7 Å². The van der Waals surface area contributed by atoms with E-state index in [0.29, 0.717) is 18.4 Å². The number of amides is 1. The summed E-state index contributed by atoms with van der Waals surface area (Å²) in [6.07, 6.45) is 2.96. The highest BCUT2D eigenvalue weighted by Crippen LogP contribution is 2.27. The van der Waals surface area contributed by atoms with E-state index in [-0.39, 0.29) is 5.91 Å². The predicted octanol–water partition coefficient (Wildman–Crippen LogP) is 2.89. The molecule has 5 heteroatoms. The van der Waals surface area contributed by atoms with E-state index in [0.717, 1.165) is 30.2 Å². The summed E-state index contributed by atoms with van der Waals surface area (Å²) in [6.45, 7) is 4.91. The topological polar surface area (TPSA) is 58.1 Å². The number of nitrogens with one attached hydrogen (secondary N) is 1. The maximum absolute atomic E-state index is 12.3. The summed E-state index contributed by atoms with van der Waals surface area (Å²) < 4.78 is 0. The van der Waals surface area contributed by atoms with Gasteiger partial charge in [0.1, 0.15) is 12.1 Å². The molecule has 1 aromatic heterocycles. The molecule has 2 aromatic rings. The van der Waals surface area contributed by atoms with Gasteiger partial charge in [0.25, 0.3) is 0 Å². The van der Waals surface area contributed by atoms with Crippen molar-refractivity contribution < 1.29 is 4.79 Å². The van der Waals surface area contributed by atoms with Crippen LogP contribution in [0, 0.1) is 5.92 Å².